The lowest BCUT2D eigenvalue weighted by molar-refractivity contribution is -0.373. The molecule has 0 aliphatic carbocycles. The number of hydrogen-bond acceptors (Lipinski definition) is 4. The number of benzene rings is 1. The van der Waals surface area contributed by atoms with Crippen LogP contribution in [-0.2, 0) is 25.7 Å². The monoisotopic (exact) mass is 324 g/mol. The van der Waals surface area contributed by atoms with Crippen molar-refractivity contribution in [1.82, 2.24) is 0 Å². The molecule has 4 nitrogen and oxygen atoms in total. The summed E-state index contributed by atoms with van der Waals surface area (Å²) in [4.78, 5) is 10.7. The van der Waals surface area contributed by atoms with E-state index >= 15 is 0 Å². The van der Waals surface area contributed by atoms with Crippen molar-refractivity contribution in [2.75, 3.05) is 26.9 Å². The topological polar surface area (TPSA) is 36.9 Å². The molecule has 0 aliphatic heterocycles. The molecule has 1 unspecified atom stereocenters. The molecule has 0 N–H and O–H groups in total. The fourth-order valence-corrected chi connectivity index (χ4v) is 2.55. The predicted molar refractivity (Wildman–Crippen MR) is 91.3 cm³/mol. The molecule has 22 heavy (non-hydrogen) atoms. The molecule has 1 aromatic rings. The van der Waals surface area contributed by atoms with Crippen LogP contribution in [0.2, 0.25) is 19.6 Å². The molecule has 124 valence electrons. The number of methoxy groups -OCH3 is 1. The summed E-state index contributed by atoms with van der Waals surface area (Å²) >= 11 is 0. The van der Waals surface area contributed by atoms with E-state index in [1.807, 2.05) is 36.4 Å². The normalized spacial score (nSPS) is 13.6. The average molecular weight is 324 g/mol. The first-order chi connectivity index (χ1) is 10.5. The Morgan fingerprint density at radius 1 is 1.09 bits per heavy atom. The zero-order valence-corrected chi connectivity index (χ0v) is 15.1. The standard InChI is InChI=1S/C17H28O4Si/c1-18-12-13-19-17(15-16-9-6-5-7-10-16)21-20-11-8-14-22(2,3)4/h5-10,14,17H,11-13,15H2,1-4H3/b14-8+. The first-order valence-electron chi connectivity index (χ1n) is 7.62. The zero-order valence-electron chi connectivity index (χ0n) is 14.1. The van der Waals surface area contributed by atoms with Crippen LogP contribution in [-0.4, -0.2) is 41.3 Å². The van der Waals surface area contributed by atoms with Crippen molar-refractivity contribution in [3.63, 3.8) is 0 Å². The molecular formula is C17H28O4Si. The highest BCUT2D eigenvalue weighted by Crippen LogP contribution is 2.08. The van der Waals surface area contributed by atoms with E-state index < -0.39 is 14.4 Å². The quantitative estimate of drug-likeness (QED) is 0.205. The third-order valence-electron chi connectivity index (χ3n) is 2.79. The molecule has 0 heterocycles. The van der Waals surface area contributed by atoms with E-state index in [1.54, 1.807) is 7.11 Å². The summed E-state index contributed by atoms with van der Waals surface area (Å²) in [5, 5.41) is 0. The van der Waals surface area contributed by atoms with Gasteiger partial charge in [0.25, 0.3) is 0 Å². The van der Waals surface area contributed by atoms with Crippen LogP contribution in [0.4, 0.5) is 0 Å². The van der Waals surface area contributed by atoms with Crippen LogP contribution in [0.25, 0.3) is 0 Å². The molecule has 5 heteroatoms. The summed E-state index contributed by atoms with van der Waals surface area (Å²) in [6.45, 7) is 8.26. The Labute approximate surface area is 135 Å². The Balaban J connectivity index is 2.39. The Hall–Kier alpha value is -0.983. The summed E-state index contributed by atoms with van der Waals surface area (Å²) in [6.07, 6.45) is 2.22. The molecule has 0 radical (unpaired) electrons. The summed E-state index contributed by atoms with van der Waals surface area (Å²) in [6, 6.07) is 10.1. The first-order valence-corrected chi connectivity index (χ1v) is 11.2. The van der Waals surface area contributed by atoms with Crippen LogP contribution in [0.15, 0.2) is 42.1 Å². The van der Waals surface area contributed by atoms with Crippen molar-refractivity contribution in [2.24, 2.45) is 0 Å². The summed E-state index contributed by atoms with van der Waals surface area (Å²) in [7, 11) is 0.462. The Bertz CT molecular complexity index is 414. The van der Waals surface area contributed by atoms with E-state index in [9.17, 15) is 0 Å². The third-order valence-corrected chi connectivity index (χ3v) is 4.03. The summed E-state index contributed by atoms with van der Waals surface area (Å²) in [5.41, 5.74) is 3.38. The van der Waals surface area contributed by atoms with Crippen LogP contribution in [0.1, 0.15) is 5.56 Å². The van der Waals surface area contributed by atoms with Gasteiger partial charge in [0.2, 0.25) is 0 Å². The Morgan fingerprint density at radius 3 is 2.45 bits per heavy atom. The average Bonchev–Trinajstić information content (AvgIpc) is 2.46. The molecular weight excluding hydrogens is 296 g/mol. The largest absolute Gasteiger partial charge is 0.382 e. The molecule has 1 aromatic carbocycles. The maximum absolute atomic E-state index is 5.65. The van der Waals surface area contributed by atoms with Gasteiger partial charge in [-0.1, -0.05) is 61.7 Å². The van der Waals surface area contributed by atoms with E-state index in [0.29, 0.717) is 26.2 Å². The molecule has 0 bridgehead atoms. The van der Waals surface area contributed by atoms with Gasteiger partial charge in [0.15, 0.2) is 6.29 Å². The smallest absolute Gasteiger partial charge is 0.195 e. The van der Waals surface area contributed by atoms with Crippen LogP contribution in [0.3, 0.4) is 0 Å². The van der Waals surface area contributed by atoms with Gasteiger partial charge in [-0.3, -0.25) is 0 Å². The van der Waals surface area contributed by atoms with E-state index in [2.05, 4.69) is 25.3 Å². The zero-order chi connectivity index (χ0) is 16.3. The van der Waals surface area contributed by atoms with Crippen molar-refractivity contribution in [2.45, 2.75) is 32.4 Å². The second-order valence-corrected chi connectivity index (χ2v) is 11.2. The maximum atomic E-state index is 5.65. The van der Waals surface area contributed by atoms with Gasteiger partial charge in [-0.05, 0) is 5.56 Å². The van der Waals surface area contributed by atoms with Gasteiger partial charge in [0.05, 0.1) is 21.3 Å². The third kappa shape index (κ3) is 9.86. The van der Waals surface area contributed by atoms with Gasteiger partial charge < -0.3 is 9.47 Å². The van der Waals surface area contributed by atoms with Crippen molar-refractivity contribution < 1.29 is 19.2 Å². The Morgan fingerprint density at radius 2 is 1.82 bits per heavy atom. The molecule has 0 spiro atoms. The molecule has 0 aromatic heterocycles. The van der Waals surface area contributed by atoms with Crippen molar-refractivity contribution in [3.8, 4) is 0 Å². The minimum atomic E-state index is -1.19. The lowest BCUT2D eigenvalue weighted by Gasteiger charge is -2.17. The minimum Gasteiger partial charge on any atom is -0.382 e. The van der Waals surface area contributed by atoms with Gasteiger partial charge in [0.1, 0.15) is 6.61 Å². The number of ether oxygens (including phenoxy) is 2. The van der Waals surface area contributed by atoms with Crippen molar-refractivity contribution in [1.29, 1.82) is 0 Å². The van der Waals surface area contributed by atoms with E-state index in [0.717, 1.165) is 5.56 Å². The molecule has 1 rings (SSSR count). The molecule has 0 saturated carbocycles. The lowest BCUT2D eigenvalue weighted by atomic mass is 10.1. The van der Waals surface area contributed by atoms with Crippen molar-refractivity contribution in [3.05, 3.63) is 47.7 Å². The minimum absolute atomic E-state index is 0.433. The SMILES string of the molecule is COCCOC(Cc1ccccc1)OOC/C=C/[Si](C)(C)C. The van der Waals surface area contributed by atoms with E-state index in [4.69, 9.17) is 19.2 Å². The molecule has 1 atom stereocenters. The highest BCUT2D eigenvalue weighted by atomic mass is 28.3. The molecule has 0 fully saturated rings. The molecule has 0 saturated heterocycles. The van der Waals surface area contributed by atoms with E-state index in [1.165, 1.54) is 0 Å². The summed E-state index contributed by atoms with van der Waals surface area (Å²) < 4.78 is 10.6. The lowest BCUT2D eigenvalue weighted by Crippen LogP contribution is -2.23. The Kier molecular flexibility index (Phi) is 9.27. The number of rotatable bonds is 11. The van der Waals surface area contributed by atoms with Crippen LogP contribution in [0, 0.1) is 0 Å². The second-order valence-electron chi connectivity index (χ2n) is 6.13. The molecule has 0 aliphatic rings. The van der Waals surface area contributed by atoms with Crippen molar-refractivity contribution >= 4 is 8.07 Å². The fraction of sp³-hybridized carbons (Fsp3) is 0.529. The number of hydrogen-bond donors (Lipinski definition) is 0. The van der Waals surface area contributed by atoms with Gasteiger partial charge in [0, 0.05) is 13.5 Å². The second kappa shape index (κ2) is 10.7. The van der Waals surface area contributed by atoms with Gasteiger partial charge in [-0.15, -0.1) is 0 Å². The van der Waals surface area contributed by atoms with Gasteiger partial charge in [-0.2, -0.15) is 0 Å². The highest BCUT2D eigenvalue weighted by Gasteiger charge is 2.12. The van der Waals surface area contributed by atoms with Gasteiger partial charge in [-0.25, -0.2) is 9.78 Å². The predicted octanol–water partition coefficient (Wildman–Crippen LogP) is 3.60. The maximum Gasteiger partial charge on any atom is 0.195 e. The fourth-order valence-electron chi connectivity index (χ4n) is 1.75. The highest BCUT2D eigenvalue weighted by molar-refractivity contribution is 6.80. The molecule has 0 amide bonds. The first kappa shape index (κ1) is 19.1. The van der Waals surface area contributed by atoms with Crippen LogP contribution >= 0.6 is 0 Å². The van der Waals surface area contributed by atoms with Crippen LogP contribution in [0.5, 0.6) is 0 Å². The summed E-state index contributed by atoms with van der Waals surface area (Å²) in [5.74, 6) is 0. The van der Waals surface area contributed by atoms with Gasteiger partial charge >= 0.3 is 0 Å². The van der Waals surface area contributed by atoms with Crippen LogP contribution < -0.4 is 0 Å². The van der Waals surface area contributed by atoms with E-state index in [-0.39, 0.29) is 0 Å².